The zero-order valence-electron chi connectivity index (χ0n) is 8.51. The molecule has 4 nitrogen and oxygen atoms in total. The molecule has 0 aliphatic carbocycles. The van der Waals surface area contributed by atoms with Crippen molar-refractivity contribution < 1.29 is 14.3 Å². The average molecular weight is 220 g/mol. The molecule has 0 aliphatic heterocycles. The van der Waals surface area contributed by atoms with E-state index in [4.69, 9.17) is 5.11 Å². The van der Waals surface area contributed by atoms with Crippen molar-refractivity contribution in [1.29, 1.82) is 0 Å². The fourth-order valence-corrected chi connectivity index (χ4v) is 1.43. The minimum absolute atomic E-state index is 0.0677. The van der Waals surface area contributed by atoms with Gasteiger partial charge in [-0.3, -0.25) is 0 Å². The summed E-state index contributed by atoms with van der Waals surface area (Å²) in [5.74, 6) is -1.48. The standard InChI is InChI=1S/C11H9FN2O2/c1-7-4-8(12)6-9(5-7)14-3-2-10(13-14)11(15)16/h2-6H,1H3,(H,15,16). The van der Waals surface area contributed by atoms with Crippen LogP contribution in [0.2, 0.25) is 0 Å². The van der Waals surface area contributed by atoms with Crippen LogP contribution in [0.1, 0.15) is 16.1 Å². The molecule has 0 atom stereocenters. The van der Waals surface area contributed by atoms with Gasteiger partial charge >= 0.3 is 5.97 Å². The lowest BCUT2D eigenvalue weighted by atomic mass is 10.2. The Balaban J connectivity index is 2.46. The first-order valence-corrected chi connectivity index (χ1v) is 4.63. The van der Waals surface area contributed by atoms with Gasteiger partial charge in [0.2, 0.25) is 0 Å². The number of rotatable bonds is 2. The molecular formula is C11H9FN2O2. The molecule has 0 bridgehead atoms. The smallest absolute Gasteiger partial charge is 0.356 e. The van der Waals surface area contributed by atoms with Gasteiger partial charge in [-0.2, -0.15) is 5.10 Å². The number of aromatic carboxylic acids is 1. The minimum Gasteiger partial charge on any atom is -0.476 e. The lowest BCUT2D eigenvalue weighted by Gasteiger charge is -2.02. The van der Waals surface area contributed by atoms with Crippen LogP contribution in [0.15, 0.2) is 30.5 Å². The second-order valence-corrected chi connectivity index (χ2v) is 3.44. The van der Waals surface area contributed by atoms with E-state index in [1.807, 2.05) is 0 Å². The topological polar surface area (TPSA) is 55.1 Å². The number of hydrogen-bond donors (Lipinski definition) is 1. The first kappa shape index (κ1) is 10.4. The van der Waals surface area contributed by atoms with Crippen LogP contribution in [0, 0.1) is 12.7 Å². The zero-order valence-corrected chi connectivity index (χ0v) is 8.51. The van der Waals surface area contributed by atoms with Gasteiger partial charge in [0, 0.05) is 6.20 Å². The maximum atomic E-state index is 13.1. The highest BCUT2D eigenvalue weighted by Gasteiger charge is 2.08. The van der Waals surface area contributed by atoms with E-state index in [0.29, 0.717) is 5.69 Å². The number of aromatic nitrogens is 2. The predicted molar refractivity (Wildman–Crippen MR) is 55.2 cm³/mol. The van der Waals surface area contributed by atoms with Gasteiger partial charge in [0.15, 0.2) is 5.69 Å². The highest BCUT2D eigenvalue weighted by Crippen LogP contribution is 2.12. The molecule has 0 fully saturated rings. The molecule has 0 unspecified atom stereocenters. The van der Waals surface area contributed by atoms with Crippen molar-refractivity contribution in [2.24, 2.45) is 0 Å². The van der Waals surface area contributed by atoms with Crippen LogP contribution < -0.4 is 0 Å². The number of carboxylic acid groups (broad SMARTS) is 1. The van der Waals surface area contributed by atoms with Crippen LogP contribution in [-0.4, -0.2) is 20.9 Å². The number of carboxylic acids is 1. The van der Waals surface area contributed by atoms with Crippen molar-refractivity contribution in [3.63, 3.8) is 0 Å². The van der Waals surface area contributed by atoms with E-state index < -0.39 is 5.97 Å². The number of carbonyl (C=O) groups is 1. The maximum Gasteiger partial charge on any atom is 0.356 e. The Kier molecular flexibility index (Phi) is 2.44. The van der Waals surface area contributed by atoms with Gasteiger partial charge in [0.05, 0.1) is 5.69 Å². The molecule has 0 aliphatic rings. The van der Waals surface area contributed by atoms with Crippen LogP contribution in [0.3, 0.4) is 0 Å². The van der Waals surface area contributed by atoms with E-state index in [2.05, 4.69) is 5.10 Å². The summed E-state index contributed by atoms with van der Waals surface area (Å²) in [6.45, 7) is 1.76. The summed E-state index contributed by atoms with van der Waals surface area (Å²) in [5, 5.41) is 12.5. The fourth-order valence-electron chi connectivity index (χ4n) is 1.43. The summed E-state index contributed by atoms with van der Waals surface area (Å²) in [6, 6.07) is 5.78. The van der Waals surface area contributed by atoms with E-state index in [1.54, 1.807) is 13.0 Å². The van der Waals surface area contributed by atoms with E-state index >= 15 is 0 Å². The molecule has 0 saturated carbocycles. The van der Waals surface area contributed by atoms with Crippen molar-refractivity contribution in [3.8, 4) is 5.69 Å². The molecule has 0 amide bonds. The highest BCUT2D eigenvalue weighted by molar-refractivity contribution is 5.85. The molecule has 0 spiro atoms. The van der Waals surface area contributed by atoms with E-state index in [-0.39, 0.29) is 11.5 Å². The van der Waals surface area contributed by atoms with Crippen molar-refractivity contribution in [2.75, 3.05) is 0 Å². The van der Waals surface area contributed by atoms with Crippen LogP contribution in [0.25, 0.3) is 5.69 Å². The van der Waals surface area contributed by atoms with Gasteiger partial charge in [0.1, 0.15) is 5.82 Å². The average Bonchev–Trinajstić information content (AvgIpc) is 2.64. The molecule has 0 saturated heterocycles. The molecule has 1 heterocycles. The predicted octanol–water partition coefficient (Wildman–Crippen LogP) is 2.02. The van der Waals surface area contributed by atoms with Gasteiger partial charge in [-0.15, -0.1) is 0 Å². The van der Waals surface area contributed by atoms with E-state index in [1.165, 1.54) is 29.1 Å². The van der Waals surface area contributed by atoms with Gasteiger partial charge in [0.25, 0.3) is 0 Å². The SMILES string of the molecule is Cc1cc(F)cc(-n2ccc(C(=O)O)n2)c1. The normalized spacial score (nSPS) is 10.4. The largest absolute Gasteiger partial charge is 0.476 e. The van der Waals surface area contributed by atoms with Crippen molar-refractivity contribution in [3.05, 3.63) is 47.5 Å². The summed E-state index contributed by atoms with van der Waals surface area (Å²) >= 11 is 0. The molecule has 1 aromatic heterocycles. The third-order valence-electron chi connectivity index (χ3n) is 2.10. The molecule has 2 aromatic rings. The van der Waals surface area contributed by atoms with E-state index in [9.17, 15) is 9.18 Å². The summed E-state index contributed by atoms with van der Waals surface area (Å²) in [5.41, 5.74) is 1.19. The lowest BCUT2D eigenvalue weighted by Crippen LogP contribution is -2.01. The molecule has 0 radical (unpaired) electrons. The van der Waals surface area contributed by atoms with Crippen LogP contribution in [0.4, 0.5) is 4.39 Å². The zero-order chi connectivity index (χ0) is 11.7. The molecule has 1 N–H and O–H groups in total. The number of benzene rings is 1. The van der Waals surface area contributed by atoms with Gasteiger partial charge in [-0.05, 0) is 36.8 Å². The molecule has 5 heteroatoms. The third-order valence-corrected chi connectivity index (χ3v) is 2.10. The summed E-state index contributed by atoms with van der Waals surface area (Å²) < 4.78 is 14.5. The quantitative estimate of drug-likeness (QED) is 0.842. The van der Waals surface area contributed by atoms with Crippen LogP contribution in [-0.2, 0) is 0 Å². The van der Waals surface area contributed by atoms with Crippen molar-refractivity contribution in [1.82, 2.24) is 9.78 Å². The molecule has 1 aromatic carbocycles. The highest BCUT2D eigenvalue weighted by atomic mass is 19.1. The molecule has 82 valence electrons. The summed E-state index contributed by atoms with van der Waals surface area (Å²) in [7, 11) is 0. The number of halogens is 1. The Bertz CT molecular complexity index is 528. The number of aryl methyl sites for hydroxylation is 1. The van der Waals surface area contributed by atoms with Gasteiger partial charge in [-0.1, -0.05) is 0 Å². The monoisotopic (exact) mass is 220 g/mol. The second kappa shape index (κ2) is 3.77. The summed E-state index contributed by atoms with van der Waals surface area (Å²) in [6.07, 6.45) is 1.48. The first-order chi connectivity index (χ1) is 7.56. The van der Waals surface area contributed by atoms with Crippen molar-refractivity contribution in [2.45, 2.75) is 6.92 Å². The Morgan fingerprint density at radius 1 is 1.44 bits per heavy atom. The Morgan fingerprint density at radius 2 is 2.19 bits per heavy atom. The van der Waals surface area contributed by atoms with Gasteiger partial charge in [-0.25, -0.2) is 13.9 Å². The maximum absolute atomic E-state index is 13.1. The third kappa shape index (κ3) is 1.93. The number of nitrogens with zero attached hydrogens (tertiary/aromatic N) is 2. The Morgan fingerprint density at radius 3 is 2.75 bits per heavy atom. The van der Waals surface area contributed by atoms with Gasteiger partial charge < -0.3 is 5.11 Å². The number of hydrogen-bond acceptors (Lipinski definition) is 2. The van der Waals surface area contributed by atoms with E-state index in [0.717, 1.165) is 5.56 Å². The van der Waals surface area contributed by atoms with Crippen LogP contribution in [0.5, 0.6) is 0 Å². The summed E-state index contributed by atoms with van der Waals surface area (Å²) in [4.78, 5) is 10.6. The minimum atomic E-state index is -1.10. The Hall–Kier alpha value is -2.17. The first-order valence-electron chi connectivity index (χ1n) is 4.63. The molecular weight excluding hydrogens is 211 g/mol. The van der Waals surface area contributed by atoms with Crippen LogP contribution >= 0.6 is 0 Å². The van der Waals surface area contributed by atoms with Crippen molar-refractivity contribution >= 4 is 5.97 Å². The molecule has 16 heavy (non-hydrogen) atoms. The Labute approximate surface area is 90.9 Å². The molecule has 2 rings (SSSR count). The lowest BCUT2D eigenvalue weighted by molar-refractivity contribution is 0.0690. The second-order valence-electron chi connectivity index (χ2n) is 3.44. The fraction of sp³-hybridized carbons (Fsp3) is 0.0909.